The zero-order valence-corrected chi connectivity index (χ0v) is 12.4. The molecule has 22 heavy (non-hydrogen) atoms. The van der Waals surface area contributed by atoms with Gasteiger partial charge in [0.05, 0.1) is 6.54 Å². The van der Waals surface area contributed by atoms with Gasteiger partial charge in [0, 0.05) is 19.9 Å². The highest BCUT2D eigenvalue weighted by molar-refractivity contribution is 5.95. The number of hydrogen-bond acceptors (Lipinski definition) is 4. The summed E-state index contributed by atoms with van der Waals surface area (Å²) in [6, 6.07) is 9.08. The Kier molecular flexibility index (Phi) is 3.83. The molecule has 116 valence electrons. The monoisotopic (exact) mass is 302 g/mol. The van der Waals surface area contributed by atoms with E-state index >= 15 is 0 Å². The molecule has 0 radical (unpaired) electrons. The lowest BCUT2D eigenvalue weighted by Gasteiger charge is -2.36. The second kappa shape index (κ2) is 5.79. The van der Waals surface area contributed by atoms with Crippen molar-refractivity contribution < 1.29 is 19.1 Å². The smallest absolute Gasteiger partial charge is 0.302 e. The third-order valence-electron chi connectivity index (χ3n) is 4.05. The van der Waals surface area contributed by atoms with Gasteiger partial charge >= 0.3 is 5.97 Å². The summed E-state index contributed by atoms with van der Waals surface area (Å²) in [5.74, 6) is -0.542. The van der Waals surface area contributed by atoms with E-state index in [-0.39, 0.29) is 30.4 Å². The first-order valence-corrected chi connectivity index (χ1v) is 7.34. The number of amides is 2. The zero-order chi connectivity index (χ0) is 15.7. The molecule has 0 unspecified atom stereocenters. The third-order valence-corrected chi connectivity index (χ3v) is 4.05. The molecule has 2 amide bonds. The molecule has 1 aromatic carbocycles. The molecule has 3 rings (SSSR count). The van der Waals surface area contributed by atoms with Crippen LogP contribution in [0.5, 0.6) is 0 Å². The molecule has 2 saturated heterocycles. The molecule has 0 N–H and O–H groups in total. The number of piperazine rings is 1. The zero-order valence-electron chi connectivity index (χ0n) is 12.4. The highest BCUT2D eigenvalue weighted by Crippen LogP contribution is 2.26. The summed E-state index contributed by atoms with van der Waals surface area (Å²) in [5.41, 5.74) is 0.992. The van der Waals surface area contributed by atoms with Crippen LogP contribution in [0.4, 0.5) is 0 Å². The lowest BCUT2D eigenvalue weighted by Crippen LogP contribution is -2.56. The van der Waals surface area contributed by atoms with Crippen LogP contribution < -0.4 is 0 Å². The fraction of sp³-hybridized carbons (Fsp3) is 0.438. The molecule has 2 aliphatic rings. The Morgan fingerprint density at radius 2 is 2.00 bits per heavy atom. The van der Waals surface area contributed by atoms with Crippen LogP contribution in [0.1, 0.15) is 18.9 Å². The van der Waals surface area contributed by atoms with E-state index < -0.39 is 6.04 Å². The average Bonchev–Trinajstić information content (AvgIpc) is 2.89. The third kappa shape index (κ3) is 2.81. The Hall–Kier alpha value is -2.37. The summed E-state index contributed by atoms with van der Waals surface area (Å²) in [6.07, 6.45) is 0.00203. The highest BCUT2D eigenvalue weighted by Gasteiger charge is 2.46. The van der Waals surface area contributed by atoms with E-state index in [1.807, 2.05) is 30.3 Å². The van der Waals surface area contributed by atoms with Gasteiger partial charge in [-0.1, -0.05) is 30.3 Å². The van der Waals surface area contributed by atoms with Gasteiger partial charge in [0.1, 0.15) is 18.7 Å². The molecule has 0 saturated carbocycles. The Bertz CT molecular complexity index is 601. The van der Waals surface area contributed by atoms with E-state index in [2.05, 4.69) is 0 Å². The molecule has 6 nitrogen and oxygen atoms in total. The quantitative estimate of drug-likeness (QED) is 0.765. The van der Waals surface area contributed by atoms with Crippen molar-refractivity contribution in [2.75, 3.05) is 13.1 Å². The summed E-state index contributed by atoms with van der Waals surface area (Å²) in [4.78, 5) is 39.0. The van der Waals surface area contributed by atoms with Crippen LogP contribution in [0.25, 0.3) is 0 Å². The molecular formula is C16H18N2O4. The van der Waals surface area contributed by atoms with Crippen LogP contribution in [0.3, 0.4) is 0 Å². The number of hydrogen-bond donors (Lipinski definition) is 0. The molecule has 0 aromatic heterocycles. The summed E-state index contributed by atoms with van der Waals surface area (Å²) >= 11 is 0. The van der Waals surface area contributed by atoms with Crippen LogP contribution >= 0.6 is 0 Å². The Balaban J connectivity index is 1.72. The number of carbonyl (C=O) groups is 3. The fourth-order valence-corrected chi connectivity index (χ4v) is 3.11. The number of ether oxygens (including phenoxy) is 1. The first kappa shape index (κ1) is 14.6. The highest BCUT2D eigenvalue weighted by atomic mass is 16.5. The Morgan fingerprint density at radius 3 is 2.68 bits per heavy atom. The first-order chi connectivity index (χ1) is 10.5. The van der Waals surface area contributed by atoms with Gasteiger partial charge in [-0.15, -0.1) is 0 Å². The van der Waals surface area contributed by atoms with Gasteiger partial charge in [-0.25, -0.2) is 0 Å². The number of fused-ring (bicyclic) bond motifs is 1. The first-order valence-electron chi connectivity index (χ1n) is 7.34. The predicted molar refractivity (Wildman–Crippen MR) is 77.5 cm³/mol. The van der Waals surface area contributed by atoms with Gasteiger partial charge in [0.2, 0.25) is 11.8 Å². The molecule has 0 bridgehead atoms. The summed E-state index contributed by atoms with van der Waals surface area (Å²) in [5, 5.41) is 0. The topological polar surface area (TPSA) is 66.9 Å². The van der Waals surface area contributed by atoms with Gasteiger partial charge in [0.25, 0.3) is 0 Å². The van der Waals surface area contributed by atoms with Crippen molar-refractivity contribution in [3.63, 3.8) is 0 Å². The predicted octanol–water partition coefficient (Wildman–Crippen LogP) is 0.561. The lowest BCUT2D eigenvalue weighted by molar-refractivity contribution is -0.154. The van der Waals surface area contributed by atoms with Crippen molar-refractivity contribution in [2.45, 2.75) is 32.0 Å². The maximum Gasteiger partial charge on any atom is 0.302 e. The molecule has 1 aromatic rings. The van der Waals surface area contributed by atoms with Crippen LogP contribution in [-0.4, -0.2) is 52.8 Å². The normalized spacial score (nSPS) is 24.4. The summed E-state index contributed by atoms with van der Waals surface area (Å²) in [6.45, 7) is 2.15. The Morgan fingerprint density at radius 1 is 1.27 bits per heavy atom. The molecule has 2 atom stereocenters. The van der Waals surface area contributed by atoms with Gasteiger partial charge in [-0.05, 0) is 5.56 Å². The van der Waals surface area contributed by atoms with Gasteiger partial charge in [0.15, 0.2) is 0 Å². The van der Waals surface area contributed by atoms with Crippen molar-refractivity contribution >= 4 is 17.8 Å². The molecule has 2 aliphatic heterocycles. The van der Waals surface area contributed by atoms with Gasteiger partial charge in [-0.3, -0.25) is 14.4 Å². The van der Waals surface area contributed by atoms with Crippen LogP contribution in [0.15, 0.2) is 30.3 Å². The standard InChI is InChI=1S/C16H18N2O4/c1-11(19)22-13-7-14-16(21)17(10-15(20)18(14)9-13)8-12-5-3-2-4-6-12/h2-6,13-14H,7-10H2,1H3/t13-,14+/m1/s1. The molecule has 6 heteroatoms. The van der Waals surface area contributed by atoms with Crippen LogP contribution in [0, 0.1) is 0 Å². The van der Waals surface area contributed by atoms with Crippen molar-refractivity contribution in [3.05, 3.63) is 35.9 Å². The summed E-state index contributed by atoms with van der Waals surface area (Å²) < 4.78 is 5.15. The molecule has 0 spiro atoms. The van der Waals surface area contributed by atoms with Crippen molar-refractivity contribution in [3.8, 4) is 0 Å². The van der Waals surface area contributed by atoms with Crippen molar-refractivity contribution in [1.82, 2.24) is 9.80 Å². The fourth-order valence-electron chi connectivity index (χ4n) is 3.11. The minimum absolute atomic E-state index is 0.0712. The van der Waals surface area contributed by atoms with E-state index in [0.29, 0.717) is 19.5 Å². The SMILES string of the molecule is CC(=O)O[C@@H]1C[C@H]2C(=O)N(Cc3ccccc3)CC(=O)N2C1. The molecule has 2 heterocycles. The van der Waals surface area contributed by atoms with E-state index in [1.54, 1.807) is 4.90 Å². The van der Waals surface area contributed by atoms with Crippen LogP contribution in [-0.2, 0) is 25.7 Å². The lowest BCUT2D eigenvalue weighted by atomic mass is 10.1. The van der Waals surface area contributed by atoms with E-state index in [1.165, 1.54) is 11.8 Å². The molecular weight excluding hydrogens is 284 g/mol. The number of carbonyl (C=O) groups excluding carboxylic acids is 3. The average molecular weight is 302 g/mol. The molecule has 2 fully saturated rings. The van der Waals surface area contributed by atoms with Crippen molar-refractivity contribution in [1.29, 1.82) is 0 Å². The number of benzene rings is 1. The van der Waals surface area contributed by atoms with Crippen LogP contribution in [0.2, 0.25) is 0 Å². The summed E-state index contributed by atoms with van der Waals surface area (Å²) in [7, 11) is 0. The maximum absolute atomic E-state index is 12.6. The maximum atomic E-state index is 12.6. The number of rotatable bonds is 3. The minimum atomic E-state index is -0.505. The molecule has 0 aliphatic carbocycles. The van der Waals surface area contributed by atoms with Gasteiger partial charge < -0.3 is 14.5 Å². The van der Waals surface area contributed by atoms with E-state index in [4.69, 9.17) is 4.74 Å². The van der Waals surface area contributed by atoms with Crippen molar-refractivity contribution in [2.24, 2.45) is 0 Å². The second-order valence-corrected chi connectivity index (χ2v) is 5.71. The largest absolute Gasteiger partial charge is 0.461 e. The second-order valence-electron chi connectivity index (χ2n) is 5.71. The Labute approximate surface area is 128 Å². The number of nitrogens with zero attached hydrogens (tertiary/aromatic N) is 2. The van der Waals surface area contributed by atoms with E-state index in [0.717, 1.165) is 5.56 Å². The van der Waals surface area contributed by atoms with Gasteiger partial charge in [-0.2, -0.15) is 0 Å². The number of esters is 1. The van der Waals surface area contributed by atoms with E-state index in [9.17, 15) is 14.4 Å². The minimum Gasteiger partial charge on any atom is -0.461 e.